The van der Waals surface area contributed by atoms with E-state index in [1.165, 1.54) is 12.1 Å². The number of nitrogens with zero attached hydrogens (tertiary/aromatic N) is 6. The number of rotatable bonds is 5. The molecule has 32 heavy (non-hydrogen) atoms. The van der Waals surface area contributed by atoms with Gasteiger partial charge in [0.25, 0.3) is 0 Å². The van der Waals surface area contributed by atoms with Crippen LogP contribution in [0.5, 0.6) is 11.6 Å². The number of anilines is 1. The summed E-state index contributed by atoms with van der Waals surface area (Å²) in [5.74, 6) is 1.55. The highest BCUT2D eigenvalue weighted by Crippen LogP contribution is 2.32. The van der Waals surface area contributed by atoms with E-state index in [1.54, 1.807) is 12.1 Å². The third-order valence-electron chi connectivity index (χ3n) is 6.02. The first-order valence-electron chi connectivity index (χ1n) is 11.0. The Morgan fingerprint density at radius 3 is 2.53 bits per heavy atom. The average Bonchev–Trinajstić information content (AvgIpc) is 2.82. The van der Waals surface area contributed by atoms with Gasteiger partial charge in [0.1, 0.15) is 11.6 Å². The van der Waals surface area contributed by atoms with Crippen LogP contribution >= 0.6 is 0 Å². The summed E-state index contributed by atoms with van der Waals surface area (Å²) in [6.45, 7) is 6.08. The summed E-state index contributed by atoms with van der Waals surface area (Å²) in [4.78, 5) is 21.1. The zero-order valence-electron chi connectivity index (χ0n) is 18.2. The summed E-state index contributed by atoms with van der Waals surface area (Å²) < 4.78 is 19.6. The molecule has 0 N–H and O–H groups in total. The second-order valence-electron chi connectivity index (χ2n) is 8.38. The van der Waals surface area contributed by atoms with Crippen LogP contribution in [0, 0.1) is 5.82 Å². The van der Waals surface area contributed by atoms with Crippen LogP contribution < -0.4 is 9.64 Å². The molecule has 2 aliphatic rings. The topological polar surface area (TPSA) is 57.6 Å². The summed E-state index contributed by atoms with van der Waals surface area (Å²) in [6.07, 6.45) is 2.65. The predicted molar refractivity (Wildman–Crippen MR) is 120 cm³/mol. The number of fused-ring (bicyclic) bond motifs is 1. The van der Waals surface area contributed by atoms with Gasteiger partial charge in [-0.25, -0.2) is 9.37 Å². The molecule has 0 amide bonds. The zero-order chi connectivity index (χ0) is 21.9. The molecule has 1 saturated heterocycles. The van der Waals surface area contributed by atoms with Gasteiger partial charge in [-0.2, -0.15) is 4.98 Å². The molecule has 5 rings (SSSR count). The van der Waals surface area contributed by atoms with Gasteiger partial charge in [0.05, 0.1) is 17.0 Å². The van der Waals surface area contributed by atoms with Crippen molar-refractivity contribution in [2.75, 3.05) is 44.7 Å². The van der Waals surface area contributed by atoms with E-state index in [0.29, 0.717) is 24.1 Å². The molecule has 7 nitrogen and oxygen atoms in total. The molecule has 3 aromatic rings. The number of pyridine rings is 1. The summed E-state index contributed by atoms with van der Waals surface area (Å²) >= 11 is 0. The molecule has 1 aromatic carbocycles. The Kier molecular flexibility index (Phi) is 5.96. The second-order valence-corrected chi connectivity index (χ2v) is 8.38. The minimum Gasteiger partial charge on any atom is -0.438 e. The predicted octanol–water partition coefficient (Wildman–Crippen LogP) is 3.11. The van der Waals surface area contributed by atoms with Crippen molar-refractivity contribution in [3.8, 4) is 11.6 Å². The summed E-state index contributed by atoms with van der Waals surface area (Å²) in [5.41, 5.74) is 3.06. The fraction of sp³-hybridized carbons (Fsp3) is 0.375. The number of ether oxygens (including phenoxy) is 1. The number of piperazine rings is 1. The van der Waals surface area contributed by atoms with E-state index in [2.05, 4.69) is 26.7 Å². The van der Waals surface area contributed by atoms with Gasteiger partial charge in [0.15, 0.2) is 0 Å². The van der Waals surface area contributed by atoms with Crippen LogP contribution in [0.4, 0.5) is 10.3 Å². The number of hydrogen-bond acceptors (Lipinski definition) is 7. The Balaban J connectivity index is 1.44. The van der Waals surface area contributed by atoms with E-state index < -0.39 is 0 Å². The molecule has 2 aliphatic heterocycles. The molecular weight excluding hydrogens is 407 g/mol. The standard InChI is InChI=1S/C24H27FN6O/c1-29-12-14-31(15-13-29)24-27-22-9-11-30(16-19-4-2-3-10-26-19)17-21(22)23(28-24)32-20-7-5-18(25)6-8-20/h2-8,10H,9,11-17H2,1H3. The first-order chi connectivity index (χ1) is 15.6. The van der Waals surface area contributed by atoms with Crippen LogP contribution in [-0.4, -0.2) is 64.5 Å². The molecule has 1 fully saturated rings. The first-order valence-corrected chi connectivity index (χ1v) is 11.0. The maximum atomic E-state index is 13.4. The maximum Gasteiger partial charge on any atom is 0.228 e. The van der Waals surface area contributed by atoms with Gasteiger partial charge in [-0.3, -0.25) is 9.88 Å². The minimum absolute atomic E-state index is 0.290. The highest BCUT2D eigenvalue weighted by atomic mass is 19.1. The van der Waals surface area contributed by atoms with E-state index in [0.717, 1.165) is 62.6 Å². The number of hydrogen-bond donors (Lipinski definition) is 0. The van der Waals surface area contributed by atoms with Crippen molar-refractivity contribution in [1.82, 2.24) is 24.8 Å². The Labute approximate surface area is 187 Å². The van der Waals surface area contributed by atoms with Gasteiger partial charge in [-0.1, -0.05) is 6.07 Å². The third-order valence-corrected chi connectivity index (χ3v) is 6.02. The molecule has 2 aromatic heterocycles. The zero-order valence-corrected chi connectivity index (χ0v) is 18.2. The van der Waals surface area contributed by atoms with Crippen molar-refractivity contribution in [1.29, 1.82) is 0 Å². The number of benzene rings is 1. The molecule has 0 bridgehead atoms. The fourth-order valence-corrected chi connectivity index (χ4v) is 4.13. The van der Waals surface area contributed by atoms with Crippen molar-refractivity contribution in [3.63, 3.8) is 0 Å². The highest BCUT2D eigenvalue weighted by molar-refractivity contribution is 5.44. The van der Waals surface area contributed by atoms with E-state index in [4.69, 9.17) is 14.7 Å². The Hall–Kier alpha value is -3.10. The lowest BCUT2D eigenvalue weighted by atomic mass is 10.1. The van der Waals surface area contributed by atoms with Crippen LogP contribution in [0.3, 0.4) is 0 Å². The van der Waals surface area contributed by atoms with Gasteiger partial charge in [0, 0.05) is 58.4 Å². The normalized spacial score (nSPS) is 17.2. The minimum atomic E-state index is -0.290. The van der Waals surface area contributed by atoms with Crippen molar-refractivity contribution in [2.45, 2.75) is 19.5 Å². The smallest absolute Gasteiger partial charge is 0.228 e. The number of halogens is 1. The number of aromatic nitrogens is 3. The van der Waals surface area contributed by atoms with Gasteiger partial charge in [-0.05, 0) is 43.4 Å². The van der Waals surface area contributed by atoms with Crippen molar-refractivity contribution >= 4 is 5.95 Å². The van der Waals surface area contributed by atoms with Gasteiger partial charge >= 0.3 is 0 Å². The summed E-state index contributed by atoms with van der Waals surface area (Å²) in [6, 6.07) is 12.0. The van der Waals surface area contributed by atoms with Gasteiger partial charge < -0.3 is 14.5 Å². The van der Waals surface area contributed by atoms with Crippen molar-refractivity contribution in [3.05, 3.63) is 71.4 Å². The molecule has 0 unspecified atom stereocenters. The fourth-order valence-electron chi connectivity index (χ4n) is 4.13. The van der Waals surface area contributed by atoms with Crippen LogP contribution in [0.15, 0.2) is 48.7 Å². The third kappa shape index (κ3) is 4.71. The van der Waals surface area contributed by atoms with Crippen molar-refractivity contribution in [2.24, 2.45) is 0 Å². The molecule has 0 aliphatic carbocycles. The van der Waals surface area contributed by atoms with Crippen LogP contribution in [0.2, 0.25) is 0 Å². The highest BCUT2D eigenvalue weighted by Gasteiger charge is 2.26. The molecule has 4 heterocycles. The van der Waals surface area contributed by atoms with E-state index in [-0.39, 0.29) is 5.82 Å². The lowest BCUT2D eigenvalue weighted by molar-refractivity contribution is 0.235. The van der Waals surface area contributed by atoms with E-state index >= 15 is 0 Å². The Bertz CT molecular complexity index is 1050. The van der Waals surface area contributed by atoms with E-state index in [9.17, 15) is 4.39 Å². The Morgan fingerprint density at radius 1 is 0.969 bits per heavy atom. The van der Waals surface area contributed by atoms with Crippen LogP contribution in [0.25, 0.3) is 0 Å². The second kappa shape index (κ2) is 9.18. The number of likely N-dealkylation sites (N-methyl/N-ethyl adjacent to an activating group) is 1. The average molecular weight is 435 g/mol. The van der Waals surface area contributed by atoms with Crippen molar-refractivity contribution < 1.29 is 9.13 Å². The van der Waals surface area contributed by atoms with E-state index in [1.807, 2.05) is 24.4 Å². The van der Waals surface area contributed by atoms with Crippen LogP contribution in [0.1, 0.15) is 17.0 Å². The molecule has 166 valence electrons. The lowest BCUT2D eigenvalue weighted by Crippen LogP contribution is -2.45. The van der Waals surface area contributed by atoms with Gasteiger partial charge in [-0.15, -0.1) is 0 Å². The summed E-state index contributed by atoms with van der Waals surface area (Å²) in [5, 5.41) is 0. The Morgan fingerprint density at radius 2 is 1.78 bits per heavy atom. The summed E-state index contributed by atoms with van der Waals surface area (Å²) in [7, 11) is 2.13. The molecular formula is C24H27FN6O. The molecule has 0 saturated carbocycles. The lowest BCUT2D eigenvalue weighted by Gasteiger charge is -2.34. The SMILES string of the molecule is CN1CCN(c2nc3c(c(Oc4ccc(F)cc4)n2)CN(Cc2ccccn2)CC3)CC1. The molecule has 0 radical (unpaired) electrons. The first kappa shape index (κ1) is 20.8. The van der Waals surface area contributed by atoms with Crippen LogP contribution in [-0.2, 0) is 19.5 Å². The van der Waals surface area contributed by atoms with Gasteiger partial charge in [0.2, 0.25) is 11.8 Å². The molecule has 8 heteroatoms. The largest absolute Gasteiger partial charge is 0.438 e. The quantitative estimate of drug-likeness (QED) is 0.612. The molecule has 0 atom stereocenters. The maximum absolute atomic E-state index is 13.4. The molecule has 0 spiro atoms. The monoisotopic (exact) mass is 434 g/mol.